The van der Waals surface area contributed by atoms with Gasteiger partial charge < -0.3 is 15.0 Å². The zero-order valence-corrected chi connectivity index (χ0v) is 18.4. The van der Waals surface area contributed by atoms with Gasteiger partial charge in [-0.05, 0) is 49.7 Å². The predicted octanol–water partition coefficient (Wildman–Crippen LogP) is 3.42. The summed E-state index contributed by atoms with van der Waals surface area (Å²) >= 11 is 0. The Labute approximate surface area is 188 Å². The molecule has 1 amide bonds. The number of ether oxygens (including phenoxy) is 1. The van der Waals surface area contributed by atoms with Crippen molar-refractivity contribution in [3.8, 4) is 5.75 Å². The molecule has 0 bridgehead atoms. The minimum atomic E-state index is -0.0173. The molecule has 166 valence electrons. The fourth-order valence-corrected chi connectivity index (χ4v) is 4.03. The number of amides is 1. The van der Waals surface area contributed by atoms with Crippen molar-refractivity contribution in [1.82, 2.24) is 24.8 Å². The monoisotopic (exact) mass is 432 g/mol. The molecule has 0 aliphatic carbocycles. The zero-order valence-electron chi connectivity index (χ0n) is 18.4. The Hall–Kier alpha value is -3.52. The maximum atomic E-state index is 13.1. The number of nitrogens with one attached hydrogen (secondary N) is 1. The zero-order chi connectivity index (χ0) is 22.3. The van der Waals surface area contributed by atoms with Crippen LogP contribution < -0.4 is 10.1 Å². The molecule has 3 aromatic rings. The van der Waals surface area contributed by atoms with E-state index in [-0.39, 0.29) is 11.9 Å². The smallest absolute Gasteiger partial charge is 0.237 e. The number of likely N-dealkylation sites (N-methyl/N-ethyl adjacent to an activating group) is 1. The van der Waals surface area contributed by atoms with E-state index in [1.165, 1.54) is 0 Å². The Bertz CT molecular complexity index is 1050. The van der Waals surface area contributed by atoms with E-state index in [0.717, 1.165) is 36.4 Å². The molecule has 4 rings (SSSR count). The van der Waals surface area contributed by atoms with Crippen LogP contribution in [0.15, 0.2) is 61.1 Å². The lowest BCUT2D eigenvalue weighted by molar-refractivity contribution is -0.133. The minimum Gasteiger partial charge on any atom is -0.497 e. The van der Waals surface area contributed by atoms with Crippen molar-refractivity contribution in [2.24, 2.45) is 0 Å². The Morgan fingerprint density at radius 3 is 2.91 bits per heavy atom. The van der Waals surface area contributed by atoms with E-state index in [2.05, 4.69) is 15.3 Å². The summed E-state index contributed by atoms with van der Waals surface area (Å²) in [6, 6.07) is 13.7. The van der Waals surface area contributed by atoms with Gasteiger partial charge in [-0.2, -0.15) is 0 Å². The number of nitrogens with zero attached hydrogens (tertiary/aromatic N) is 5. The highest BCUT2D eigenvalue weighted by Gasteiger charge is 2.31. The van der Waals surface area contributed by atoms with Crippen LogP contribution in [0, 0.1) is 0 Å². The van der Waals surface area contributed by atoms with Gasteiger partial charge in [-0.15, -0.1) is 0 Å². The number of methoxy groups -OCH3 is 1. The van der Waals surface area contributed by atoms with Crippen LogP contribution in [0.5, 0.6) is 5.75 Å². The van der Waals surface area contributed by atoms with Gasteiger partial charge in [0.1, 0.15) is 17.4 Å². The van der Waals surface area contributed by atoms with Gasteiger partial charge in [0.2, 0.25) is 5.91 Å². The van der Waals surface area contributed by atoms with E-state index < -0.39 is 0 Å². The van der Waals surface area contributed by atoms with Gasteiger partial charge in [0.05, 0.1) is 31.6 Å². The summed E-state index contributed by atoms with van der Waals surface area (Å²) in [4.78, 5) is 30.2. The van der Waals surface area contributed by atoms with Crippen molar-refractivity contribution >= 4 is 17.5 Å². The maximum Gasteiger partial charge on any atom is 0.237 e. The summed E-state index contributed by atoms with van der Waals surface area (Å²) in [5, 5.41) is 3.17. The maximum absolute atomic E-state index is 13.1. The van der Waals surface area contributed by atoms with E-state index in [9.17, 15) is 4.79 Å². The lowest BCUT2D eigenvalue weighted by atomic mass is 10.1. The molecule has 1 aromatic carbocycles. The quantitative estimate of drug-likeness (QED) is 0.584. The highest BCUT2D eigenvalue weighted by atomic mass is 16.5. The van der Waals surface area contributed by atoms with Crippen LogP contribution in [0.1, 0.15) is 30.1 Å². The molecule has 1 aliphatic heterocycles. The molecule has 1 atom stereocenters. The number of rotatable bonds is 8. The molecule has 0 saturated carbocycles. The first-order valence-electron chi connectivity index (χ1n) is 10.7. The molecule has 3 heterocycles. The molecule has 0 unspecified atom stereocenters. The van der Waals surface area contributed by atoms with Gasteiger partial charge in [-0.25, -0.2) is 9.97 Å². The molecule has 2 aromatic heterocycles. The van der Waals surface area contributed by atoms with E-state index in [0.29, 0.717) is 24.7 Å². The Balaban J connectivity index is 1.40. The highest BCUT2D eigenvalue weighted by Crippen LogP contribution is 2.31. The number of hydrogen-bond donors (Lipinski definition) is 1. The normalized spacial score (nSPS) is 15.7. The van der Waals surface area contributed by atoms with E-state index in [1.54, 1.807) is 25.7 Å². The van der Waals surface area contributed by atoms with Crippen LogP contribution in [0.4, 0.5) is 11.6 Å². The summed E-state index contributed by atoms with van der Waals surface area (Å²) < 4.78 is 5.30. The molecular formula is C24H28N6O2. The molecule has 0 radical (unpaired) electrons. The van der Waals surface area contributed by atoms with Gasteiger partial charge in [-0.3, -0.25) is 14.7 Å². The summed E-state index contributed by atoms with van der Waals surface area (Å²) in [6.45, 7) is 1.78. The predicted molar refractivity (Wildman–Crippen MR) is 123 cm³/mol. The molecule has 1 N–H and O–H groups in total. The number of anilines is 2. The third kappa shape index (κ3) is 5.39. The average molecular weight is 433 g/mol. The van der Waals surface area contributed by atoms with Gasteiger partial charge in [0.15, 0.2) is 0 Å². The third-order valence-corrected chi connectivity index (χ3v) is 5.50. The SMILES string of the molecule is COc1cccc(CN(C)CC(=O)N2CCC[C@@H]2c2cccc(Nc3cnccn3)n2)c1. The molecule has 32 heavy (non-hydrogen) atoms. The first-order valence-corrected chi connectivity index (χ1v) is 10.7. The Morgan fingerprint density at radius 1 is 1.22 bits per heavy atom. The largest absolute Gasteiger partial charge is 0.497 e. The van der Waals surface area contributed by atoms with Crippen molar-refractivity contribution < 1.29 is 9.53 Å². The second kappa shape index (κ2) is 10.2. The summed E-state index contributed by atoms with van der Waals surface area (Å²) in [7, 11) is 3.62. The fraction of sp³-hybridized carbons (Fsp3) is 0.333. The molecule has 1 aliphatic rings. The number of hydrogen-bond acceptors (Lipinski definition) is 7. The van der Waals surface area contributed by atoms with Crippen molar-refractivity contribution in [2.75, 3.05) is 32.6 Å². The molecular weight excluding hydrogens is 404 g/mol. The number of benzene rings is 1. The van der Waals surface area contributed by atoms with E-state index in [4.69, 9.17) is 9.72 Å². The van der Waals surface area contributed by atoms with Gasteiger partial charge in [0, 0.05) is 25.5 Å². The number of carbonyl (C=O) groups excluding carboxylic acids is 1. The number of likely N-dealkylation sites (tertiary alicyclic amines) is 1. The van der Waals surface area contributed by atoms with Crippen molar-refractivity contribution in [3.05, 3.63) is 72.3 Å². The van der Waals surface area contributed by atoms with Crippen LogP contribution in [0.25, 0.3) is 0 Å². The van der Waals surface area contributed by atoms with Crippen LogP contribution in [-0.2, 0) is 11.3 Å². The Morgan fingerprint density at radius 2 is 2.09 bits per heavy atom. The lowest BCUT2D eigenvalue weighted by Crippen LogP contribution is -2.38. The van der Waals surface area contributed by atoms with Crippen LogP contribution in [0.2, 0.25) is 0 Å². The number of pyridine rings is 1. The average Bonchev–Trinajstić information content (AvgIpc) is 3.30. The van der Waals surface area contributed by atoms with Crippen molar-refractivity contribution in [2.45, 2.75) is 25.4 Å². The van der Waals surface area contributed by atoms with Gasteiger partial charge in [-0.1, -0.05) is 18.2 Å². The third-order valence-electron chi connectivity index (χ3n) is 5.50. The molecule has 1 saturated heterocycles. The molecule has 8 heteroatoms. The summed E-state index contributed by atoms with van der Waals surface area (Å²) in [5.41, 5.74) is 2.00. The molecule has 0 spiro atoms. The second-order valence-electron chi connectivity index (χ2n) is 7.93. The number of carbonyl (C=O) groups is 1. The summed E-state index contributed by atoms with van der Waals surface area (Å²) in [5.74, 6) is 2.27. The van der Waals surface area contributed by atoms with Crippen molar-refractivity contribution in [1.29, 1.82) is 0 Å². The topological polar surface area (TPSA) is 83.5 Å². The van der Waals surface area contributed by atoms with Crippen molar-refractivity contribution in [3.63, 3.8) is 0 Å². The van der Waals surface area contributed by atoms with Crippen LogP contribution >= 0.6 is 0 Å². The highest BCUT2D eigenvalue weighted by molar-refractivity contribution is 5.79. The lowest BCUT2D eigenvalue weighted by Gasteiger charge is -2.27. The van der Waals surface area contributed by atoms with Gasteiger partial charge in [0.25, 0.3) is 0 Å². The van der Waals surface area contributed by atoms with Gasteiger partial charge >= 0.3 is 0 Å². The van der Waals surface area contributed by atoms with E-state index >= 15 is 0 Å². The van der Waals surface area contributed by atoms with E-state index in [1.807, 2.05) is 59.3 Å². The Kier molecular flexibility index (Phi) is 6.91. The second-order valence-corrected chi connectivity index (χ2v) is 7.93. The van der Waals surface area contributed by atoms with Crippen LogP contribution in [0.3, 0.4) is 0 Å². The standard InChI is InChI=1S/C24H28N6O2/c1-29(16-18-6-3-7-19(14-18)32-2)17-24(31)30-13-5-9-21(30)20-8-4-10-22(27-20)28-23-15-25-11-12-26-23/h3-4,6-8,10-12,14-15,21H,5,9,13,16-17H2,1-2H3,(H,26,27,28)/t21-/m1/s1. The minimum absolute atomic E-state index is 0.0173. The first kappa shape index (κ1) is 21.7. The first-order chi connectivity index (χ1) is 15.6. The summed E-state index contributed by atoms with van der Waals surface area (Å²) in [6.07, 6.45) is 6.79. The molecule has 1 fully saturated rings. The number of aromatic nitrogens is 3. The fourth-order valence-electron chi connectivity index (χ4n) is 4.03. The molecule has 8 nitrogen and oxygen atoms in total. The van der Waals surface area contributed by atoms with Crippen LogP contribution in [-0.4, -0.2) is 57.9 Å².